The third-order valence-electron chi connectivity index (χ3n) is 4.55. The Morgan fingerprint density at radius 1 is 1.11 bits per heavy atom. The van der Waals surface area contributed by atoms with Gasteiger partial charge < -0.3 is 5.32 Å². The summed E-state index contributed by atoms with van der Waals surface area (Å²) in [6, 6.07) is 14.9. The van der Waals surface area contributed by atoms with Gasteiger partial charge in [-0.2, -0.15) is 0 Å². The van der Waals surface area contributed by atoms with Crippen molar-refractivity contribution in [2.45, 2.75) is 26.2 Å². The number of nitrogens with zero attached hydrogens (tertiary/aromatic N) is 1. The molecule has 27 heavy (non-hydrogen) atoms. The molecule has 0 radical (unpaired) electrons. The van der Waals surface area contributed by atoms with E-state index in [1.54, 1.807) is 18.2 Å². The molecule has 1 amide bonds. The Bertz CT molecular complexity index is 948. The average molecular weight is 385 g/mol. The standard InChI is InChI=1S/C21H24N2O3S/c1-16(2)19-6-3-4-7-20(19)22-21(24)13-10-17-8-11-18(12-9-17)23-14-5-15-27(23,25)26/h3-4,6-13,16H,5,14-15H2,1-2H3,(H,22,24)/b13-10+. The van der Waals surface area contributed by atoms with E-state index in [2.05, 4.69) is 19.2 Å². The summed E-state index contributed by atoms with van der Waals surface area (Å²) in [5, 5.41) is 2.92. The quantitative estimate of drug-likeness (QED) is 0.793. The monoisotopic (exact) mass is 384 g/mol. The zero-order valence-electron chi connectivity index (χ0n) is 15.6. The number of carbonyl (C=O) groups excluding carboxylic acids is 1. The maximum Gasteiger partial charge on any atom is 0.248 e. The number of para-hydroxylation sites is 1. The normalized spacial score (nSPS) is 16.2. The van der Waals surface area contributed by atoms with Crippen LogP contribution in [0.25, 0.3) is 6.08 Å². The van der Waals surface area contributed by atoms with Crippen LogP contribution < -0.4 is 9.62 Å². The highest BCUT2D eigenvalue weighted by atomic mass is 32.2. The maximum absolute atomic E-state index is 12.2. The predicted octanol–water partition coefficient (Wildman–Crippen LogP) is 4.00. The fraction of sp³-hybridized carbons (Fsp3) is 0.286. The molecule has 2 aromatic rings. The largest absolute Gasteiger partial charge is 0.322 e. The van der Waals surface area contributed by atoms with E-state index in [1.807, 2.05) is 36.4 Å². The smallest absolute Gasteiger partial charge is 0.248 e. The third kappa shape index (κ3) is 4.57. The molecule has 0 aliphatic carbocycles. The van der Waals surface area contributed by atoms with Gasteiger partial charge in [0.2, 0.25) is 15.9 Å². The zero-order chi connectivity index (χ0) is 19.4. The summed E-state index contributed by atoms with van der Waals surface area (Å²) in [6.07, 6.45) is 3.86. The zero-order valence-corrected chi connectivity index (χ0v) is 16.4. The number of hydrogen-bond acceptors (Lipinski definition) is 3. The van der Waals surface area contributed by atoms with Crippen LogP contribution in [0.3, 0.4) is 0 Å². The van der Waals surface area contributed by atoms with Crippen molar-refractivity contribution in [3.05, 3.63) is 65.7 Å². The van der Waals surface area contributed by atoms with E-state index in [0.29, 0.717) is 24.6 Å². The van der Waals surface area contributed by atoms with E-state index in [1.165, 1.54) is 10.4 Å². The summed E-state index contributed by atoms with van der Waals surface area (Å²) in [7, 11) is -3.17. The molecule has 0 atom stereocenters. The molecule has 1 aliphatic heterocycles. The molecule has 142 valence electrons. The van der Waals surface area contributed by atoms with E-state index in [0.717, 1.165) is 16.8 Å². The lowest BCUT2D eigenvalue weighted by Crippen LogP contribution is -2.24. The molecule has 5 nitrogen and oxygen atoms in total. The highest BCUT2D eigenvalue weighted by Crippen LogP contribution is 2.25. The lowest BCUT2D eigenvalue weighted by Gasteiger charge is -2.16. The minimum Gasteiger partial charge on any atom is -0.322 e. The number of nitrogens with one attached hydrogen (secondary N) is 1. The summed E-state index contributed by atoms with van der Waals surface area (Å²) < 4.78 is 25.4. The predicted molar refractivity (Wildman–Crippen MR) is 110 cm³/mol. The van der Waals surface area contributed by atoms with Crippen molar-refractivity contribution >= 4 is 33.4 Å². The van der Waals surface area contributed by atoms with Crippen LogP contribution in [0, 0.1) is 0 Å². The number of hydrogen-bond donors (Lipinski definition) is 1. The van der Waals surface area contributed by atoms with Crippen LogP contribution in [0.4, 0.5) is 11.4 Å². The van der Waals surface area contributed by atoms with Crippen LogP contribution in [0.1, 0.15) is 37.3 Å². The molecular formula is C21H24N2O3S. The highest BCUT2D eigenvalue weighted by Gasteiger charge is 2.28. The fourth-order valence-electron chi connectivity index (χ4n) is 3.14. The van der Waals surface area contributed by atoms with Gasteiger partial charge in [-0.1, -0.05) is 44.2 Å². The fourth-order valence-corrected chi connectivity index (χ4v) is 4.71. The Balaban J connectivity index is 1.67. The van der Waals surface area contributed by atoms with Gasteiger partial charge in [0.05, 0.1) is 11.4 Å². The second-order valence-electron chi connectivity index (χ2n) is 6.90. The first kappa shape index (κ1) is 19.2. The van der Waals surface area contributed by atoms with Crippen molar-refractivity contribution < 1.29 is 13.2 Å². The molecule has 3 rings (SSSR count). The Labute approximate surface area is 160 Å². The number of anilines is 2. The molecule has 1 N–H and O–H groups in total. The average Bonchev–Trinajstić information content (AvgIpc) is 3.00. The summed E-state index contributed by atoms with van der Waals surface area (Å²) in [5.74, 6) is 0.321. The Morgan fingerprint density at radius 3 is 2.44 bits per heavy atom. The maximum atomic E-state index is 12.2. The Hall–Kier alpha value is -2.60. The van der Waals surface area contributed by atoms with Crippen molar-refractivity contribution in [3.63, 3.8) is 0 Å². The molecule has 0 saturated carbocycles. The van der Waals surface area contributed by atoms with Gasteiger partial charge in [-0.25, -0.2) is 8.42 Å². The molecule has 0 bridgehead atoms. The number of sulfonamides is 1. The minimum absolute atomic E-state index is 0.200. The van der Waals surface area contributed by atoms with Gasteiger partial charge >= 0.3 is 0 Å². The first-order valence-corrected chi connectivity index (χ1v) is 10.7. The van der Waals surface area contributed by atoms with Gasteiger partial charge in [-0.3, -0.25) is 9.10 Å². The van der Waals surface area contributed by atoms with Gasteiger partial charge in [0, 0.05) is 18.3 Å². The van der Waals surface area contributed by atoms with Crippen LogP contribution in [-0.2, 0) is 14.8 Å². The number of amides is 1. The van der Waals surface area contributed by atoms with Crippen molar-refractivity contribution in [3.8, 4) is 0 Å². The molecule has 1 saturated heterocycles. The first-order chi connectivity index (χ1) is 12.9. The molecule has 1 fully saturated rings. The van der Waals surface area contributed by atoms with E-state index < -0.39 is 10.0 Å². The molecule has 0 unspecified atom stereocenters. The molecular weight excluding hydrogens is 360 g/mol. The summed E-state index contributed by atoms with van der Waals surface area (Å²) in [5.41, 5.74) is 3.41. The molecule has 1 heterocycles. The molecule has 0 spiro atoms. The summed E-state index contributed by atoms with van der Waals surface area (Å²) in [6.45, 7) is 4.70. The number of carbonyl (C=O) groups is 1. The van der Waals surface area contributed by atoms with Gasteiger partial charge in [-0.15, -0.1) is 0 Å². The van der Waals surface area contributed by atoms with Crippen LogP contribution in [0.15, 0.2) is 54.6 Å². The second kappa shape index (κ2) is 7.96. The van der Waals surface area contributed by atoms with E-state index in [-0.39, 0.29) is 11.7 Å². The third-order valence-corrected chi connectivity index (χ3v) is 6.42. The van der Waals surface area contributed by atoms with Crippen molar-refractivity contribution in [1.29, 1.82) is 0 Å². The lowest BCUT2D eigenvalue weighted by molar-refractivity contribution is -0.111. The van der Waals surface area contributed by atoms with Crippen molar-refractivity contribution in [2.24, 2.45) is 0 Å². The van der Waals surface area contributed by atoms with Crippen molar-refractivity contribution in [1.82, 2.24) is 0 Å². The van der Waals surface area contributed by atoms with Gasteiger partial charge in [0.25, 0.3) is 0 Å². The van der Waals surface area contributed by atoms with E-state index in [9.17, 15) is 13.2 Å². The molecule has 1 aliphatic rings. The van der Waals surface area contributed by atoms with Crippen LogP contribution in [0.2, 0.25) is 0 Å². The number of rotatable bonds is 5. The Kier molecular flexibility index (Phi) is 5.65. The van der Waals surface area contributed by atoms with Crippen molar-refractivity contribution in [2.75, 3.05) is 21.9 Å². The SMILES string of the molecule is CC(C)c1ccccc1NC(=O)/C=C/c1ccc(N2CCCS2(=O)=O)cc1. The minimum atomic E-state index is -3.17. The second-order valence-corrected chi connectivity index (χ2v) is 8.91. The van der Waals surface area contributed by atoms with Crippen LogP contribution >= 0.6 is 0 Å². The summed E-state index contributed by atoms with van der Waals surface area (Å²) in [4.78, 5) is 12.2. The topological polar surface area (TPSA) is 66.5 Å². The lowest BCUT2D eigenvalue weighted by atomic mass is 10.0. The van der Waals surface area contributed by atoms with E-state index >= 15 is 0 Å². The molecule has 6 heteroatoms. The molecule has 0 aromatic heterocycles. The first-order valence-electron chi connectivity index (χ1n) is 9.05. The molecule has 2 aromatic carbocycles. The van der Waals surface area contributed by atoms with Crippen LogP contribution in [0.5, 0.6) is 0 Å². The number of benzene rings is 2. The van der Waals surface area contributed by atoms with Gasteiger partial charge in [0.1, 0.15) is 0 Å². The van der Waals surface area contributed by atoms with Crippen LogP contribution in [-0.4, -0.2) is 26.6 Å². The van der Waals surface area contributed by atoms with E-state index in [4.69, 9.17) is 0 Å². The summed E-state index contributed by atoms with van der Waals surface area (Å²) >= 11 is 0. The Morgan fingerprint density at radius 2 is 1.81 bits per heavy atom. The highest BCUT2D eigenvalue weighted by molar-refractivity contribution is 7.93. The van der Waals surface area contributed by atoms with Gasteiger partial charge in [-0.05, 0) is 47.7 Å². The van der Waals surface area contributed by atoms with Gasteiger partial charge in [0.15, 0.2) is 0 Å².